The van der Waals surface area contributed by atoms with Crippen molar-refractivity contribution in [2.75, 3.05) is 20.8 Å². The molecule has 28 heavy (non-hydrogen) atoms. The molecule has 1 N–H and O–H groups in total. The van der Waals surface area contributed by atoms with Gasteiger partial charge in [-0.05, 0) is 48.7 Å². The van der Waals surface area contributed by atoms with Gasteiger partial charge in [-0.2, -0.15) is 0 Å². The Kier molecular flexibility index (Phi) is 6.55. The normalized spacial score (nSPS) is 16.7. The van der Waals surface area contributed by atoms with Gasteiger partial charge < -0.3 is 24.1 Å². The van der Waals surface area contributed by atoms with Crippen molar-refractivity contribution >= 4 is 11.9 Å². The first-order chi connectivity index (χ1) is 13.6. The van der Waals surface area contributed by atoms with E-state index < -0.39 is 0 Å². The first-order valence-electron chi connectivity index (χ1n) is 9.16. The van der Waals surface area contributed by atoms with Crippen LogP contribution in [0.3, 0.4) is 0 Å². The van der Waals surface area contributed by atoms with Crippen molar-refractivity contribution in [1.82, 2.24) is 0 Å². The van der Waals surface area contributed by atoms with Crippen molar-refractivity contribution in [2.45, 2.75) is 25.6 Å². The minimum absolute atomic E-state index is 0.129. The molecule has 2 aromatic rings. The van der Waals surface area contributed by atoms with Gasteiger partial charge in [0.05, 0.1) is 26.4 Å². The molecule has 0 amide bonds. The summed E-state index contributed by atoms with van der Waals surface area (Å²) < 4.78 is 21.7. The van der Waals surface area contributed by atoms with Gasteiger partial charge in [-0.15, -0.1) is 0 Å². The predicted octanol–water partition coefficient (Wildman–Crippen LogP) is 4.21. The minimum atomic E-state index is -0.312. The SMILES string of the molecule is COc1ccc(/C=C/C(=O)c2ccc(OC3CCCCO3)cc2O)cc1OC. The molecule has 1 atom stereocenters. The topological polar surface area (TPSA) is 74.2 Å². The molecule has 1 saturated heterocycles. The van der Waals surface area contributed by atoms with Crippen molar-refractivity contribution in [3.05, 3.63) is 53.6 Å². The molecule has 0 saturated carbocycles. The van der Waals surface area contributed by atoms with E-state index in [2.05, 4.69) is 0 Å². The summed E-state index contributed by atoms with van der Waals surface area (Å²) in [5.74, 6) is 1.22. The maximum Gasteiger partial charge on any atom is 0.199 e. The molecule has 1 fully saturated rings. The lowest BCUT2D eigenvalue weighted by Gasteiger charge is -2.23. The molecule has 3 rings (SSSR count). The number of hydrogen-bond donors (Lipinski definition) is 1. The maximum atomic E-state index is 12.4. The zero-order chi connectivity index (χ0) is 19.9. The van der Waals surface area contributed by atoms with Crippen LogP contribution in [-0.4, -0.2) is 38.0 Å². The van der Waals surface area contributed by atoms with Crippen LogP contribution in [0, 0.1) is 0 Å². The summed E-state index contributed by atoms with van der Waals surface area (Å²) in [6, 6.07) is 10.00. The summed E-state index contributed by atoms with van der Waals surface area (Å²) in [6.45, 7) is 0.675. The molecular weight excluding hydrogens is 360 g/mol. The molecule has 1 aliphatic rings. The third kappa shape index (κ3) is 4.84. The summed E-state index contributed by atoms with van der Waals surface area (Å²) in [4.78, 5) is 12.4. The van der Waals surface area contributed by atoms with E-state index in [1.807, 2.05) is 6.07 Å². The number of rotatable bonds is 7. The number of phenols is 1. The largest absolute Gasteiger partial charge is 0.507 e. The van der Waals surface area contributed by atoms with Crippen LogP contribution in [0.5, 0.6) is 23.0 Å². The van der Waals surface area contributed by atoms with E-state index in [9.17, 15) is 9.90 Å². The second-order valence-corrected chi connectivity index (χ2v) is 6.40. The zero-order valence-electron chi connectivity index (χ0n) is 16.0. The van der Waals surface area contributed by atoms with Crippen LogP contribution in [0.4, 0.5) is 0 Å². The fourth-order valence-electron chi connectivity index (χ4n) is 2.97. The number of hydrogen-bond acceptors (Lipinski definition) is 6. The van der Waals surface area contributed by atoms with Gasteiger partial charge in [-0.25, -0.2) is 0 Å². The Morgan fingerprint density at radius 3 is 2.61 bits per heavy atom. The van der Waals surface area contributed by atoms with Gasteiger partial charge in [0, 0.05) is 12.5 Å². The zero-order valence-corrected chi connectivity index (χ0v) is 16.0. The Hall–Kier alpha value is -2.99. The van der Waals surface area contributed by atoms with Crippen molar-refractivity contribution in [3.8, 4) is 23.0 Å². The lowest BCUT2D eigenvalue weighted by atomic mass is 10.1. The fourth-order valence-corrected chi connectivity index (χ4v) is 2.97. The number of carbonyl (C=O) groups is 1. The highest BCUT2D eigenvalue weighted by Crippen LogP contribution is 2.29. The molecule has 0 aromatic heterocycles. The fraction of sp³-hybridized carbons (Fsp3) is 0.318. The van der Waals surface area contributed by atoms with E-state index in [1.165, 1.54) is 12.1 Å². The number of ketones is 1. The molecule has 0 aliphatic carbocycles. The molecule has 0 bridgehead atoms. The van der Waals surface area contributed by atoms with E-state index in [0.717, 1.165) is 24.8 Å². The lowest BCUT2D eigenvalue weighted by molar-refractivity contribution is -0.105. The van der Waals surface area contributed by atoms with Gasteiger partial charge >= 0.3 is 0 Å². The average molecular weight is 384 g/mol. The third-order valence-electron chi connectivity index (χ3n) is 4.47. The highest BCUT2D eigenvalue weighted by Gasteiger charge is 2.17. The number of ether oxygens (including phenoxy) is 4. The van der Waals surface area contributed by atoms with Crippen LogP contribution in [0.2, 0.25) is 0 Å². The number of methoxy groups -OCH3 is 2. The van der Waals surface area contributed by atoms with Crippen LogP contribution in [0.1, 0.15) is 35.2 Å². The molecule has 2 aromatic carbocycles. The van der Waals surface area contributed by atoms with E-state index >= 15 is 0 Å². The average Bonchev–Trinajstić information content (AvgIpc) is 2.72. The Balaban J connectivity index is 1.69. The molecule has 6 heteroatoms. The number of aromatic hydroxyl groups is 1. The van der Waals surface area contributed by atoms with Gasteiger partial charge in [-0.3, -0.25) is 4.79 Å². The van der Waals surface area contributed by atoms with Crippen LogP contribution >= 0.6 is 0 Å². The summed E-state index contributed by atoms with van der Waals surface area (Å²) in [5, 5.41) is 10.2. The van der Waals surface area contributed by atoms with Gasteiger partial charge in [0.2, 0.25) is 0 Å². The number of phenolic OH excluding ortho intramolecular Hbond substituents is 1. The maximum absolute atomic E-state index is 12.4. The van der Waals surface area contributed by atoms with Crippen LogP contribution in [-0.2, 0) is 4.74 Å². The van der Waals surface area contributed by atoms with Crippen LogP contribution < -0.4 is 14.2 Å². The van der Waals surface area contributed by atoms with E-state index in [-0.39, 0.29) is 23.4 Å². The Morgan fingerprint density at radius 1 is 1.11 bits per heavy atom. The summed E-state index contributed by atoms with van der Waals surface area (Å²) in [7, 11) is 3.12. The predicted molar refractivity (Wildman–Crippen MR) is 105 cm³/mol. The quantitative estimate of drug-likeness (QED) is 0.569. The monoisotopic (exact) mass is 384 g/mol. The summed E-state index contributed by atoms with van der Waals surface area (Å²) in [6.07, 6.45) is 5.65. The summed E-state index contributed by atoms with van der Waals surface area (Å²) >= 11 is 0. The molecule has 0 spiro atoms. The van der Waals surface area contributed by atoms with Crippen LogP contribution in [0.15, 0.2) is 42.5 Å². The standard InChI is InChI=1S/C22H24O6/c1-25-20-11-7-15(13-21(20)26-2)6-10-18(23)17-9-8-16(14-19(17)24)28-22-5-3-4-12-27-22/h6-11,13-14,22,24H,3-5,12H2,1-2H3/b10-6+. The second kappa shape index (κ2) is 9.28. The second-order valence-electron chi connectivity index (χ2n) is 6.40. The summed E-state index contributed by atoms with van der Waals surface area (Å²) in [5.41, 5.74) is 0.980. The van der Waals surface area contributed by atoms with Gasteiger partial charge in [-0.1, -0.05) is 12.1 Å². The smallest absolute Gasteiger partial charge is 0.199 e. The molecule has 1 unspecified atom stereocenters. The molecule has 148 valence electrons. The molecule has 6 nitrogen and oxygen atoms in total. The molecule has 1 heterocycles. The number of carbonyl (C=O) groups excluding carboxylic acids is 1. The van der Waals surface area contributed by atoms with Crippen molar-refractivity contribution in [1.29, 1.82) is 0 Å². The molecule has 0 radical (unpaired) electrons. The number of allylic oxidation sites excluding steroid dienone is 1. The van der Waals surface area contributed by atoms with Gasteiger partial charge in [0.1, 0.15) is 11.5 Å². The van der Waals surface area contributed by atoms with Gasteiger partial charge in [0.15, 0.2) is 23.6 Å². The Labute approximate surface area is 164 Å². The van der Waals surface area contributed by atoms with Crippen molar-refractivity contribution in [2.24, 2.45) is 0 Å². The Bertz CT molecular complexity index is 852. The highest BCUT2D eigenvalue weighted by molar-refractivity contribution is 6.08. The third-order valence-corrected chi connectivity index (χ3v) is 4.47. The van der Waals surface area contributed by atoms with Crippen molar-refractivity contribution in [3.63, 3.8) is 0 Å². The molecule has 1 aliphatic heterocycles. The van der Waals surface area contributed by atoms with E-state index in [0.29, 0.717) is 23.9 Å². The lowest BCUT2D eigenvalue weighted by Crippen LogP contribution is -2.24. The van der Waals surface area contributed by atoms with Crippen LogP contribution in [0.25, 0.3) is 6.08 Å². The highest BCUT2D eigenvalue weighted by atomic mass is 16.7. The minimum Gasteiger partial charge on any atom is -0.507 e. The Morgan fingerprint density at radius 2 is 1.93 bits per heavy atom. The van der Waals surface area contributed by atoms with E-state index in [1.54, 1.807) is 44.6 Å². The first kappa shape index (κ1) is 19.8. The van der Waals surface area contributed by atoms with E-state index in [4.69, 9.17) is 18.9 Å². The van der Waals surface area contributed by atoms with Gasteiger partial charge in [0.25, 0.3) is 0 Å². The first-order valence-corrected chi connectivity index (χ1v) is 9.16. The number of benzene rings is 2. The van der Waals surface area contributed by atoms with Crippen molar-refractivity contribution < 1.29 is 28.8 Å². The molecular formula is C22H24O6.